The van der Waals surface area contributed by atoms with Crippen molar-refractivity contribution in [1.29, 1.82) is 0 Å². The summed E-state index contributed by atoms with van der Waals surface area (Å²) in [5.74, 6) is 0.714. The molecule has 4 heteroatoms. The van der Waals surface area contributed by atoms with Crippen LogP contribution in [0.15, 0.2) is 47.4 Å². The number of ether oxygens (including phenoxy) is 1. The highest BCUT2D eigenvalue weighted by atomic mass is 32.2. The van der Waals surface area contributed by atoms with E-state index in [1.807, 2.05) is 32.0 Å². The van der Waals surface area contributed by atoms with Gasteiger partial charge in [-0.15, -0.1) is 11.8 Å². The Morgan fingerprint density at radius 2 is 1.70 bits per heavy atom. The standard InChI is InChI=1S/C16H20N2OS/c1-11(2)19-16-10-13(6-9-15(16)17)18-12-4-7-14(20-3)8-5-12/h4-11,18H,17H2,1-3H3. The molecule has 0 aliphatic carbocycles. The average molecular weight is 288 g/mol. The molecule has 2 aromatic carbocycles. The van der Waals surface area contributed by atoms with Crippen LogP contribution < -0.4 is 15.8 Å². The van der Waals surface area contributed by atoms with E-state index in [2.05, 4.69) is 35.8 Å². The predicted molar refractivity (Wildman–Crippen MR) is 88.1 cm³/mol. The molecular weight excluding hydrogens is 268 g/mol. The number of nitrogens with one attached hydrogen (secondary N) is 1. The highest BCUT2D eigenvalue weighted by Crippen LogP contribution is 2.28. The van der Waals surface area contributed by atoms with Crippen molar-refractivity contribution in [3.05, 3.63) is 42.5 Å². The van der Waals surface area contributed by atoms with Gasteiger partial charge in [0.05, 0.1) is 11.8 Å². The average Bonchev–Trinajstić information content (AvgIpc) is 2.43. The first-order valence-electron chi connectivity index (χ1n) is 6.55. The molecular formula is C16H20N2OS. The van der Waals surface area contributed by atoms with Crippen LogP contribution in [0.3, 0.4) is 0 Å². The number of rotatable bonds is 5. The molecule has 0 spiro atoms. The van der Waals surface area contributed by atoms with Crippen molar-refractivity contribution in [2.75, 3.05) is 17.3 Å². The predicted octanol–water partition coefficient (Wildman–Crippen LogP) is 4.52. The number of hydrogen-bond donors (Lipinski definition) is 2. The summed E-state index contributed by atoms with van der Waals surface area (Å²) in [4.78, 5) is 1.25. The molecule has 0 saturated heterocycles. The van der Waals surface area contributed by atoms with Gasteiger partial charge in [-0.3, -0.25) is 0 Å². The number of anilines is 3. The number of nitrogen functional groups attached to an aromatic ring is 1. The highest BCUT2D eigenvalue weighted by molar-refractivity contribution is 7.98. The minimum Gasteiger partial charge on any atom is -0.489 e. The lowest BCUT2D eigenvalue weighted by Gasteiger charge is -2.14. The van der Waals surface area contributed by atoms with E-state index in [0.717, 1.165) is 11.4 Å². The van der Waals surface area contributed by atoms with Crippen molar-refractivity contribution in [2.24, 2.45) is 0 Å². The normalized spacial score (nSPS) is 10.6. The Hall–Kier alpha value is -1.81. The Labute approximate surface area is 124 Å². The van der Waals surface area contributed by atoms with Gasteiger partial charge in [0.25, 0.3) is 0 Å². The van der Waals surface area contributed by atoms with Crippen molar-refractivity contribution in [3.63, 3.8) is 0 Å². The van der Waals surface area contributed by atoms with E-state index in [-0.39, 0.29) is 6.10 Å². The molecule has 0 bridgehead atoms. The molecule has 0 amide bonds. The van der Waals surface area contributed by atoms with Crippen LogP contribution in [-0.4, -0.2) is 12.4 Å². The van der Waals surface area contributed by atoms with Crippen molar-refractivity contribution in [2.45, 2.75) is 24.8 Å². The van der Waals surface area contributed by atoms with E-state index in [1.165, 1.54) is 4.90 Å². The molecule has 3 nitrogen and oxygen atoms in total. The molecule has 0 unspecified atom stereocenters. The van der Waals surface area contributed by atoms with Gasteiger partial charge >= 0.3 is 0 Å². The van der Waals surface area contributed by atoms with Crippen LogP contribution in [0, 0.1) is 0 Å². The Morgan fingerprint density at radius 3 is 2.30 bits per heavy atom. The molecule has 0 aliphatic rings. The van der Waals surface area contributed by atoms with Crippen LogP contribution in [0.5, 0.6) is 5.75 Å². The summed E-state index contributed by atoms with van der Waals surface area (Å²) < 4.78 is 5.69. The summed E-state index contributed by atoms with van der Waals surface area (Å²) in [6.45, 7) is 3.97. The zero-order valence-corrected chi connectivity index (χ0v) is 12.8. The van der Waals surface area contributed by atoms with Crippen LogP contribution in [0.1, 0.15) is 13.8 Å². The molecule has 0 fully saturated rings. The summed E-state index contributed by atoms with van der Waals surface area (Å²) in [5, 5.41) is 3.35. The first-order chi connectivity index (χ1) is 9.58. The highest BCUT2D eigenvalue weighted by Gasteiger charge is 2.05. The van der Waals surface area contributed by atoms with E-state index in [4.69, 9.17) is 10.5 Å². The van der Waals surface area contributed by atoms with E-state index in [0.29, 0.717) is 11.4 Å². The van der Waals surface area contributed by atoms with Gasteiger partial charge in [-0.25, -0.2) is 0 Å². The summed E-state index contributed by atoms with van der Waals surface area (Å²) in [6, 6.07) is 14.0. The van der Waals surface area contributed by atoms with Gasteiger partial charge in [0.1, 0.15) is 5.75 Å². The topological polar surface area (TPSA) is 47.3 Å². The van der Waals surface area contributed by atoms with Gasteiger partial charge in [-0.2, -0.15) is 0 Å². The quantitative estimate of drug-likeness (QED) is 0.627. The molecule has 3 N–H and O–H groups in total. The maximum atomic E-state index is 5.91. The Morgan fingerprint density at radius 1 is 1.05 bits per heavy atom. The van der Waals surface area contributed by atoms with Gasteiger partial charge in [0, 0.05) is 22.3 Å². The van der Waals surface area contributed by atoms with Crippen LogP contribution >= 0.6 is 11.8 Å². The van der Waals surface area contributed by atoms with Crippen LogP contribution in [0.4, 0.5) is 17.1 Å². The van der Waals surface area contributed by atoms with Crippen LogP contribution in [0.25, 0.3) is 0 Å². The van der Waals surface area contributed by atoms with E-state index in [1.54, 1.807) is 11.8 Å². The Bertz CT molecular complexity index is 567. The molecule has 20 heavy (non-hydrogen) atoms. The molecule has 0 aliphatic heterocycles. The Balaban J connectivity index is 2.16. The van der Waals surface area contributed by atoms with Crippen LogP contribution in [-0.2, 0) is 0 Å². The molecule has 0 saturated carbocycles. The van der Waals surface area contributed by atoms with Crippen LogP contribution in [0.2, 0.25) is 0 Å². The second kappa shape index (κ2) is 6.57. The van der Waals surface area contributed by atoms with Gasteiger partial charge in [0.15, 0.2) is 0 Å². The fourth-order valence-corrected chi connectivity index (χ4v) is 2.22. The molecule has 2 rings (SSSR count). The minimum atomic E-state index is 0.105. The molecule has 0 heterocycles. The second-order valence-corrected chi connectivity index (χ2v) is 5.65. The summed E-state index contributed by atoms with van der Waals surface area (Å²) in [5.41, 5.74) is 8.58. The zero-order chi connectivity index (χ0) is 14.5. The van der Waals surface area contributed by atoms with Gasteiger partial charge in [-0.1, -0.05) is 0 Å². The number of hydrogen-bond acceptors (Lipinski definition) is 4. The van der Waals surface area contributed by atoms with Crippen molar-refractivity contribution >= 4 is 28.8 Å². The maximum Gasteiger partial charge on any atom is 0.144 e. The van der Waals surface area contributed by atoms with E-state index < -0.39 is 0 Å². The zero-order valence-electron chi connectivity index (χ0n) is 12.0. The van der Waals surface area contributed by atoms with Crippen molar-refractivity contribution < 1.29 is 4.74 Å². The monoisotopic (exact) mass is 288 g/mol. The number of nitrogens with two attached hydrogens (primary N) is 1. The smallest absolute Gasteiger partial charge is 0.144 e. The fourth-order valence-electron chi connectivity index (χ4n) is 1.81. The minimum absolute atomic E-state index is 0.105. The summed E-state index contributed by atoms with van der Waals surface area (Å²) in [6.07, 6.45) is 2.17. The summed E-state index contributed by atoms with van der Waals surface area (Å²) in [7, 11) is 0. The largest absolute Gasteiger partial charge is 0.489 e. The third kappa shape index (κ3) is 3.84. The SMILES string of the molecule is CSc1ccc(Nc2ccc(N)c(OC(C)C)c2)cc1. The molecule has 0 aromatic heterocycles. The third-order valence-corrected chi connectivity index (χ3v) is 3.50. The number of thioether (sulfide) groups is 1. The number of benzene rings is 2. The van der Waals surface area contributed by atoms with E-state index >= 15 is 0 Å². The molecule has 2 aromatic rings. The molecule has 0 radical (unpaired) electrons. The van der Waals surface area contributed by atoms with Crippen molar-refractivity contribution in [3.8, 4) is 5.75 Å². The lowest BCUT2D eigenvalue weighted by molar-refractivity contribution is 0.244. The van der Waals surface area contributed by atoms with Gasteiger partial charge in [-0.05, 0) is 56.5 Å². The Kier molecular flexibility index (Phi) is 4.79. The third-order valence-electron chi connectivity index (χ3n) is 2.75. The molecule has 0 atom stereocenters. The first-order valence-corrected chi connectivity index (χ1v) is 7.78. The maximum absolute atomic E-state index is 5.91. The summed E-state index contributed by atoms with van der Waals surface area (Å²) >= 11 is 1.73. The van der Waals surface area contributed by atoms with Gasteiger partial charge in [0.2, 0.25) is 0 Å². The van der Waals surface area contributed by atoms with Gasteiger partial charge < -0.3 is 15.8 Å². The fraction of sp³-hybridized carbons (Fsp3) is 0.250. The molecule has 106 valence electrons. The lowest BCUT2D eigenvalue weighted by atomic mass is 10.2. The lowest BCUT2D eigenvalue weighted by Crippen LogP contribution is -2.07. The van der Waals surface area contributed by atoms with E-state index in [9.17, 15) is 0 Å². The van der Waals surface area contributed by atoms with Crippen molar-refractivity contribution in [1.82, 2.24) is 0 Å². The second-order valence-electron chi connectivity index (χ2n) is 4.77. The first kappa shape index (κ1) is 14.6.